The SMILES string of the molecule is COc1ccc(CN2C[C@H]3C[C@@H](NC(C)=O)[C@H](OCC4CC4)C[C@H]3C2)c(OC)c1C. The molecule has 1 saturated heterocycles. The van der Waals surface area contributed by atoms with Crippen molar-refractivity contribution in [2.24, 2.45) is 17.8 Å². The molecule has 1 amide bonds. The van der Waals surface area contributed by atoms with Crippen molar-refractivity contribution in [2.75, 3.05) is 33.9 Å². The standard InChI is InChI=1S/C24H36N2O4/c1-15-22(28-3)8-7-18(24(15)29-4)11-26-12-19-9-21(25-16(2)27)23(10-20(19)13-26)30-14-17-5-6-17/h7-8,17,19-21,23H,5-6,9-14H2,1-4H3,(H,25,27)/t19-,20+,21-,23-/m1/s1. The lowest BCUT2D eigenvalue weighted by atomic mass is 9.77. The van der Waals surface area contributed by atoms with Crippen molar-refractivity contribution in [3.63, 3.8) is 0 Å². The summed E-state index contributed by atoms with van der Waals surface area (Å²) in [5.74, 6) is 3.81. The van der Waals surface area contributed by atoms with Gasteiger partial charge in [0.25, 0.3) is 0 Å². The van der Waals surface area contributed by atoms with Gasteiger partial charge < -0.3 is 19.5 Å². The van der Waals surface area contributed by atoms with E-state index >= 15 is 0 Å². The van der Waals surface area contributed by atoms with Gasteiger partial charge in [0.05, 0.1) is 26.4 Å². The van der Waals surface area contributed by atoms with Crippen LogP contribution >= 0.6 is 0 Å². The number of hydrogen-bond donors (Lipinski definition) is 1. The minimum absolute atomic E-state index is 0.0479. The number of methoxy groups -OCH3 is 2. The maximum absolute atomic E-state index is 11.8. The molecule has 6 heteroatoms. The summed E-state index contributed by atoms with van der Waals surface area (Å²) >= 11 is 0. The van der Waals surface area contributed by atoms with Gasteiger partial charge in [0.2, 0.25) is 5.91 Å². The molecule has 0 unspecified atom stereocenters. The Morgan fingerprint density at radius 3 is 2.50 bits per heavy atom. The van der Waals surface area contributed by atoms with Crippen LogP contribution in [0.5, 0.6) is 11.5 Å². The van der Waals surface area contributed by atoms with E-state index in [0.29, 0.717) is 11.8 Å². The normalized spacial score (nSPS) is 28.8. The van der Waals surface area contributed by atoms with Crippen LogP contribution < -0.4 is 14.8 Å². The summed E-state index contributed by atoms with van der Waals surface area (Å²) in [5.41, 5.74) is 2.25. The monoisotopic (exact) mass is 416 g/mol. The third kappa shape index (κ3) is 4.75. The first-order chi connectivity index (χ1) is 14.5. The average molecular weight is 417 g/mol. The van der Waals surface area contributed by atoms with Crippen molar-refractivity contribution >= 4 is 5.91 Å². The van der Waals surface area contributed by atoms with Crippen molar-refractivity contribution in [2.45, 2.75) is 58.2 Å². The number of nitrogens with zero attached hydrogens (tertiary/aromatic N) is 1. The molecule has 1 aromatic carbocycles. The molecule has 4 atom stereocenters. The van der Waals surface area contributed by atoms with Crippen LogP contribution in [-0.4, -0.2) is 56.9 Å². The van der Waals surface area contributed by atoms with E-state index in [4.69, 9.17) is 14.2 Å². The van der Waals surface area contributed by atoms with Crippen LogP contribution in [0.1, 0.15) is 43.7 Å². The Hall–Kier alpha value is -1.79. The molecule has 0 aromatic heterocycles. The molecular weight excluding hydrogens is 380 g/mol. The number of carbonyl (C=O) groups excluding carboxylic acids is 1. The smallest absolute Gasteiger partial charge is 0.217 e. The Morgan fingerprint density at radius 1 is 1.13 bits per heavy atom. The quantitative estimate of drug-likeness (QED) is 0.705. The highest BCUT2D eigenvalue weighted by molar-refractivity contribution is 5.73. The number of benzene rings is 1. The van der Waals surface area contributed by atoms with E-state index in [1.54, 1.807) is 21.1 Å². The molecule has 6 nitrogen and oxygen atoms in total. The van der Waals surface area contributed by atoms with Crippen LogP contribution in [0.2, 0.25) is 0 Å². The second-order valence-electron chi connectivity index (χ2n) is 9.39. The molecule has 1 N–H and O–H groups in total. The molecule has 30 heavy (non-hydrogen) atoms. The summed E-state index contributed by atoms with van der Waals surface area (Å²) in [5, 5.41) is 3.18. The maximum Gasteiger partial charge on any atom is 0.217 e. The number of hydrogen-bond acceptors (Lipinski definition) is 5. The van der Waals surface area contributed by atoms with E-state index in [-0.39, 0.29) is 18.1 Å². The predicted molar refractivity (Wildman–Crippen MR) is 116 cm³/mol. The molecule has 1 aromatic rings. The highest BCUT2D eigenvalue weighted by atomic mass is 16.5. The van der Waals surface area contributed by atoms with Gasteiger partial charge in [0, 0.05) is 44.3 Å². The van der Waals surface area contributed by atoms with Crippen molar-refractivity contribution < 1.29 is 19.0 Å². The van der Waals surface area contributed by atoms with Crippen molar-refractivity contribution in [3.05, 3.63) is 23.3 Å². The zero-order valence-electron chi connectivity index (χ0n) is 18.8. The van der Waals surface area contributed by atoms with Crippen LogP contribution in [0, 0.1) is 24.7 Å². The fourth-order valence-electron chi connectivity index (χ4n) is 5.38. The maximum atomic E-state index is 11.8. The lowest BCUT2D eigenvalue weighted by Crippen LogP contribution is -2.50. The Balaban J connectivity index is 1.42. The van der Waals surface area contributed by atoms with Crippen molar-refractivity contribution in [3.8, 4) is 11.5 Å². The van der Waals surface area contributed by atoms with E-state index in [1.165, 1.54) is 18.4 Å². The van der Waals surface area contributed by atoms with Gasteiger partial charge in [-0.05, 0) is 56.4 Å². The molecule has 166 valence electrons. The summed E-state index contributed by atoms with van der Waals surface area (Å²) in [4.78, 5) is 14.3. The summed E-state index contributed by atoms with van der Waals surface area (Å²) in [7, 11) is 3.43. The van der Waals surface area contributed by atoms with Gasteiger partial charge in [-0.2, -0.15) is 0 Å². The summed E-state index contributed by atoms with van der Waals surface area (Å²) < 4.78 is 17.5. The molecule has 0 radical (unpaired) electrons. The summed E-state index contributed by atoms with van der Waals surface area (Å²) in [6.07, 6.45) is 4.78. The fourth-order valence-corrected chi connectivity index (χ4v) is 5.38. The fraction of sp³-hybridized carbons (Fsp3) is 0.708. The van der Waals surface area contributed by atoms with E-state index in [2.05, 4.69) is 16.3 Å². The van der Waals surface area contributed by atoms with Gasteiger partial charge in [0.1, 0.15) is 11.5 Å². The first-order valence-corrected chi connectivity index (χ1v) is 11.3. The van der Waals surface area contributed by atoms with Crippen molar-refractivity contribution in [1.29, 1.82) is 0 Å². The molecule has 2 aliphatic carbocycles. The lowest BCUT2D eigenvalue weighted by molar-refractivity contribution is -0.122. The van der Waals surface area contributed by atoms with Gasteiger partial charge in [-0.15, -0.1) is 0 Å². The van der Waals surface area contributed by atoms with Gasteiger partial charge in [-0.25, -0.2) is 0 Å². The Morgan fingerprint density at radius 2 is 1.87 bits per heavy atom. The highest BCUT2D eigenvalue weighted by Gasteiger charge is 2.43. The number of rotatable bonds is 8. The molecule has 3 fully saturated rings. The van der Waals surface area contributed by atoms with Crippen LogP contribution in [-0.2, 0) is 16.1 Å². The number of amides is 1. The number of fused-ring (bicyclic) bond motifs is 1. The molecule has 2 saturated carbocycles. The van der Waals surface area contributed by atoms with E-state index in [0.717, 1.165) is 62.1 Å². The van der Waals surface area contributed by atoms with Crippen LogP contribution in [0.4, 0.5) is 0 Å². The largest absolute Gasteiger partial charge is 0.496 e. The molecular formula is C24H36N2O4. The first kappa shape index (κ1) is 21.4. The van der Waals surface area contributed by atoms with Gasteiger partial charge in [-0.3, -0.25) is 9.69 Å². The summed E-state index contributed by atoms with van der Waals surface area (Å²) in [6.45, 7) is 7.52. The number of carbonyl (C=O) groups is 1. The minimum Gasteiger partial charge on any atom is -0.496 e. The number of ether oxygens (including phenoxy) is 3. The van der Waals surface area contributed by atoms with Crippen LogP contribution in [0.3, 0.4) is 0 Å². The molecule has 0 spiro atoms. The third-order valence-electron chi connectivity index (χ3n) is 7.08. The Labute approximate surface area is 180 Å². The van der Waals surface area contributed by atoms with Crippen molar-refractivity contribution in [1.82, 2.24) is 10.2 Å². The van der Waals surface area contributed by atoms with Gasteiger partial charge >= 0.3 is 0 Å². The molecule has 3 aliphatic rings. The Kier molecular flexibility index (Phi) is 6.54. The van der Waals surface area contributed by atoms with Crippen LogP contribution in [0.25, 0.3) is 0 Å². The molecule has 4 rings (SSSR count). The zero-order valence-corrected chi connectivity index (χ0v) is 18.8. The first-order valence-electron chi connectivity index (χ1n) is 11.3. The van der Waals surface area contributed by atoms with E-state index in [1.807, 2.05) is 13.0 Å². The second-order valence-corrected chi connectivity index (χ2v) is 9.39. The topological polar surface area (TPSA) is 60.0 Å². The second kappa shape index (κ2) is 9.15. The molecule has 0 bridgehead atoms. The molecule has 1 aliphatic heterocycles. The zero-order chi connectivity index (χ0) is 21.3. The Bertz CT molecular complexity index is 764. The lowest BCUT2D eigenvalue weighted by Gasteiger charge is -2.38. The summed E-state index contributed by atoms with van der Waals surface area (Å²) in [6, 6.07) is 4.29. The van der Waals surface area contributed by atoms with Gasteiger partial charge in [0.15, 0.2) is 0 Å². The van der Waals surface area contributed by atoms with E-state index in [9.17, 15) is 4.79 Å². The molecule has 1 heterocycles. The van der Waals surface area contributed by atoms with Gasteiger partial charge in [-0.1, -0.05) is 6.07 Å². The highest BCUT2D eigenvalue weighted by Crippen LogP contribution is 2.40. The van der Waals surface area contributed by atoms with E-state index < -0.39 is 0 Å². The number of likely N-dealkylation sites (tertiary alicyclic amines) is 1. The predicted octanol–water partition coefficient (Wildman–Crippen LogP) is 3.15. The van der Waals surface area contributed by atoms with Crippen LogP contribution in [0.15, 0.2) is 12.1 Å². The minimum atomic E-state index is 0.0479. The third-order valence-corrected chi connectivity index (χ3v) is 7.08. The average Bonchev–Trinajstić information content (AvgIpc) is 3.45. The number of nitrogens with one attached hydrogen (secondary N) is 1.